The van der Waals surface area contributed by atoms with E-state index in [-0.39, 0.29) is 0 Å². The molecular weight excluding hydrogens is 837 g/mol. The van der Waals surface area contributed by atoms with Crippen LogP contribution in [0.15, 0.2) is 271 Å². The van der Waals surface area contributed by atoms with Crippen molar-refractivity contribution in [2.45, 2.75) is 0 Å². The molecule has 0 aliphatic heterocycles. The molecule has 0 aliphatic rings. The summed E-state index contributed by atoms with van der Waals surface area (Å²) in [5, 5.41) is 4.76. The molecule has 11 aromatic carbocycles. The van der Waals surface area contributed by atoms with Gasteiger partial charge in [-0.25, -0.2) is 0 Å². The van der Waals surface area contributed by atoms with Gasteiger partial charge in [-0.3, -0.25) is 0 Å². The van der Waals surface area contributed by atoms with Gasteiger partial charge in [-0.2, -0.15) is 0 Å². The summed E-state index contributed by atoms with van der Waals surface area (Å²) in [7, 11) is 0. The van der Waals surface area contributed by atoms with Crippen molar-refractivity contribution in [3.8, 4) is 61.3 Å². The lowest BCUT2D eigenvalue weighted by molar-refractivity contribution is 0.669. The van der Waals surface area contributed by atoms with Crippen molar-refractivity contribution in [2.75, 3.05) is 4.90 Å². The minimum atomic E-state index is 0.878. The molecule has 0 bridgehead atoms. The molecule has 3 heteroatoms. The molecule has 0 unspecified atom stereocenters. The normalized spacial score (nSPS) is 11.5. The molecule has 0 fully saturated rings. The molecule has 0 saturated heterocycles. The first-order chi connectivity index (χ1) is 34.2. The van der Waals surface area contributed by atoms with Crippen molar-refractivity contribution >= 4 is 60.8 Å². The van der Waals surface area contributed by atoms with Crippen molar-refractivity contribution in [1.29, 1.82) is 0 Å². The average Bonchev–Trinajstić information content (AvgIpc) is 3.98. The summed E-state index contributed by atoms with van der Waals surface area (Å²) in [5.74, 6) is 0. The van der Waals surface area contributed by atoms with Gasteiger partial charge in [0.05, 0.1) is 16.7 Å². The van der Waals surface area contributed by atoms with Crippen LogP contribution in [0.3, 0.4) is 0 Å². The molecule has 0 spiro atoms. The van der Waals surface area contributed by atoms with E-state index >= 15 is 0 Å². The third-order valence-corrected chi connectivity index (χ3v) is 13.6. The highest BCUT2D eigenvalue weighted by molar-refractivity contribution is 6.14. The molecule has 0 amide bonds. The Labute approximate surface area is 401 Å². The van der Waals surface area contributed by atoms with Crippen LogP contribution in [0, 0.1) is 0 Å². The molecule has 13 aromatic rings. The Morgan fingerprint density at radius 1 is 0.290 bits per heavy atom. The summed E-state index contributed by atoms with van der Waals surface area (Å²) in [6.07, 6.45) is 0. The first kappa shape index (κ1) is 40.1. The van der Waals surface area contributed by atoms with Gasteiger partial charge in [0, 0.05) is 44.2 Å². The van der Waals surface area contributed by atoms with E-state index in [0.717, 1.165) is 72.5 Å². The van der Waals surface area contributed by atoms with Gasteiger partial charge in [-0.05, 0) is 129 Å². The molecule has 69 heavy (non-hydrogen) atoms. The highest BCUT2D eigenvalue weighted by atomic mass is 16.3. The summed E-state index contributed by atoms with van der Waals surface area (Å²) < 4.78 is 8.77. The number of para-hydroxylation sites is 4. The monoisotopic (exact) mass is 880 g/mol. The Morgan fingerprint density at radius 3 is 1.30 bits per heavy atom. The van der Waals surface area contributed by atoms with E-state index in [9.17, 15) is 0 Å². The zero-order valence-corrected chi connectivity index (χ0v) is 37.7. The molecule has 13 rings (SSSR count). The van der Waals surface area contributed by atoms with Crippen molar-refractivity contribution in [3.05, 3.63) is 267 Å². The third kappa shape index (κ3) is 7.16. The maximum atomic E-state index is 6.40. The molecule has 0 radical (unpaired) electrons. The van der Waals surface area contributed by atoms with Crippen LogP contribution in [-0.2, 0) is 0 Å². The van der Waals surface area contributed by atoms with Gasteiger partial charge in [0.25, 0.3) is 0 Å². The largest absolute Gasteiger partial charge is 0.456 e. The summed E-state index contributed by atoms with van der Waals surface area (Å²) in [5.41, 5.74) is 20.2. The minimum Gasteiger partial charge on any atom is -0.456 e. The first-order valence-corrected chi connectivity index (χ1v) is 23.6. The molecule has 2 aromatic heterocycles. The number of furan rings is 1. The highest BCUT2D eigenvalue weighted by Gasteiger charge is 2.21. The zero-order chi connectivity index (χ0) is 45.7. The van der Waals surface area contributed by atoms with E-state index in [1.54, 1.807) is 0 Å². The van der Waals surface area contributed by atoms with E-state index in [1.807, 2.05) is 6.07 Å². The summed E-state index contributed by atoms with van der Waals surface area (Å²) in [6, 6.07) is 96.0. The third-order valence-electron chi connectivity index (χ3n) is 13.6. The summed E-state index contributed by atoms with van der Waals surface area (Å²) in [4.78, 5) is 2.39. The van der Waals surface area contributed by atoms with Crippen LogP contribution in [0.2, 0.25) is 0 Å². The number of nitrogens with zero attached hydrogens (tertiary/aromatic N) is 2. The molecule has 0 atom stereocenters. The topological polar surface area (TPSA) is 21.3 Å². The minimum absolute atomic E-state index is 0.878. The first-order valence-electron chi connectivity index (χ1n) is 23.6. The van der Waals surface area contributed by atoms with Crippen LogP contribution < -0.4 is 4.90 Å². The van der Waals surface area contributed by atoms with Gasteiger partial charge in [-0.1, -0.05) is 188 Å². The van der Waals surface area contributed by atoms with Gasteiger partial charge in [-0.15, -0.1) is 0 Å². The van der Waals surface area contributed by atoms with Gasteiger partial charge < -0.3 is 13.9 Å². The number of fused-ring (bicyclic) bond motifs is 6. The summed E-state index contributed by atoms with van der Waals surface area (Å²) >= 11 is 0. The predicted octanol–water partition coefficient (Wildman–Crippen LogP) is 18.5. The van der Waals surface area contributed by atoms with Crippen LogP contribution >= 0.6 is 0 Å². The molecule has 2 heterocycles. The maximum absolute atomic E-state index is 6.40. The lowest BCUT2D eigenvalue weighted by atomic mass is 9.96. The van der Waals surface area contributed by atoms with E-state index in [2.05, 4.69) is 270 Å². The van der Waals surface area contributed by atoms with E-state index in [4.69, 9.17) is 4.42 Å². The van der Waals surface area contributed by atoms with Gasteiger partial charge >= 0.3 is 0 Å². The van der Waals surface area contributed by atoms with E-state index < -0.39 is 0 Å². The Kier molecular flexibility index (Phi) is 9.84. The number of hydrogen-bond donors (Lipinski definition) is 0. The van der Waals surface area contributed by atoms with Crippen LogP contribution in [0.4, 0.5) is 17.1 Å². The van der Waals surface area contributed by atoms with Crippen LogP contribution in [0.5, 0.6) is 0 Å². The van der Waals surface area contributed by atoms with Crippen LogP contribution in [0.1, 0.15) is 0 Å². The van der Waals surface area contributed by atoms with Gasteiger partial charge in [0.1, 0.15) is 11.2 Å². The molecule has 0 aliphatic carbocycles. The standard InChI is InChI=1S/C66H44N2O/c1-2-15-45(16-3-1)49-17-12-18-50(43-49)46-31-37-53(38-32-46)67(61-26-8-6-23-58(61)59-25-14-30-65-66(59)60-24-7-11-29-64(60)69-65)54-39-33-47(34-40-54)51-19-13-20-52(44-51)48-35-41-55(42-36-48)68-62-27-9-4-21-56(62)57-22-5-10-28-63(57)68/h1-44H. The second-order valence-corrected chi connectivity index (χ2v) is 17.7. The Bertz CT molecular complexity index is 3940. The summed E-state index contributed by atoms with van der Waals surface area (Å²) in [6.45, 7) is 0. The van der Waals surface area contributed by atoms with Crippen molar-refractivity contribution < 1.29 is 4.42 Å². The maximum Gasteiger partial charge on any atom is 0.136 e. The fourth-order valence-corrected chi connectivity index (χ4v) is 10.3. The lowest BCUT2D eigenvalue weighted by Gasteiger charge is -2.28. The Balaban J connectivity index is 0.873. The van der Waals surface area contributed by atoms with Gasteiger partial charge in [0.2, 0.25) is 0 Å². The van der Waals surface area contributed by atoms with Gasteiger partial charge in [0.15, 0.2) is 0 Å². The van der Waals surface area contributed by atoms with E-state index in [1.165, 1.54) is 49.6 Å². The van der Waals surface area contributed by atoms with Crippen LogP contribution in [-0.4, -0.2) is 4.57 Å². The molecule has 324 valence electrons. The lowest BCUT2D eigenvalue weighted by Crippen LogP contribution is -2.11. The van der Waals surface area contributed by atoms with Crippen molar-refractivity contribution in [2.24, 2.45) is 0 Å². The molecule has 0 N–H and O–H groups in total. The zero-order valence-electron chi connectivity index (χ0n) is 37.7. The molecule has 0 saturated carbocycles. The molecular formula is C66H44N2O. The number of anilines is 3. The number of hydrogen-bond acceptors (Lipinski definition) is 2. The average molecular weight is 881 g/mol. The number of rotatable bonds is 9. The Morgan fingerprint density at radius 2 is 0.710 bits per heavy atom. The smallest absolute Gasteiger partial charge is 0.136 e. The second-order valence-electron chi connectivity index (χ2n) is 17.7. The van der Waals surface area contributed by atoms with Crippen molar-refractivity contribution in [3.63, 3.8) is 0 Å². The predicted molar refractivity (Wildman–Crippen MR) is 290 cm³/mol. The van der Waals surface area contributed by atoms with Crippen LogP contribution in [0.25, 0.3) is 105 Å². The number of benzene rings is 11. The van der Waals surface area contributed by atoms with E-state index in [0.29, 0.717) is 0 Å². The number of aromatic nitrogens is 1. The SMILES string of the molecule is c1ccc(-c2cccc(-c3ccc(N(c4ccc(-c5cccc(-c6ccc(-n7c8ccccc8c8ccccc87)cc6)c5)cc4)c4ccccc4-c4cccc5oc6ccccc6c45)cc3)c2)cc1. The van der Waals surface area contributed by atoms with Crippen molar-refractivity contribution in [1.82, 2.24) is 4.57 Å². The quantitative estimate of drug-likeness (QED) is 0.144. The second kappa shape index (κ2) is 16.9. The Hall–Kier alpha value is -9.18. The fraction of sp³-hybridized carbons (Fsp3) is 0. The highest BCUT2D eigenvalue weighted by Crippen LogP contribution is 2.45. The fourth-order valence-electron chi connectivity index (χ4n) is 10.3. The molecule has 3 nitrogen and oxygen atoms in total.